The minimum atomic E-state index is -3.05. The molecule has 2 amide bonds. The van der Waals surface area contributed by atoms with Crippen molar-refractivity contribution < 1.29 is 23.1 Å². The van der Waals surface area contributed by atoms with E-state index in [1.54, 1.807) is 13.0 Å². The van der Waals surface area contributed by atoms with E-state index in [9.17, 15) is 18.0 Å². The first-order valence-corrected chi connectivity index (χ1v) is 8.31. The van der Waals surface area contributed by atoms with E-state index in [1.165, 1.54) is 12.1 Å². The van der Waals surface area contributed by atoms with E-state index in [-0.39, 0.29) is 23.5 Å². The van der Waals surface area contributed by atoms with Crippen molar-refractivity contribution in [1.82, 2.24) is 5.32 Å². The zero-order valence-corrected chi connectivity index (χ0v) is 12.7. The highest BCUT2D eigenvalue weighted by Crippen LogP contribution is 2.17. The molecule has 3 N–H and O–H groups in total. The van der Waals surface area contributed by atoms with Crippen molar-refractivity contribution in [3.63, 3.8) is 0 Å². The Morgan fingerprint density at radius 2 is 1.95 bits per heavy atom. The van der Waals surface area contributed by atoms with Crippen molar-refractivity contribution in [2.75, 3.05) is 23.9 Å². The van der Waals surface area contributed by atoms with Crippen molar-refractivity contribution >= 4 is 27.5 Å². The number of amides is 2. The smallest absolute Gasteiger partial charge is 0.337 e. The topological polar surface area (TPSA) is 113 Å². The molecule has 0 unspecified atom stereocenters. The number of benzene rings is 1. The molecule has 0 spiro atoms. The van der Waals surface area contributed by atoms with Crippen LogP contribution in [0.3, 0.4) is 0 Å². The largest absolute Gasteiger partial charge is 0.478 e. The number of carboxylic acids is 1. The molecule has 1 aromatic rings. The van der Waals surface area contributed by atoms with E-state index in [4.69, 9.17) is 5.11 Å². The number of aromatic carboxylic acids is 1. The molecule has 1 rings (SSSR count). The second-order valence-corrected chi connectivity index (χ2v) is 6.98. The number of urea groups is 1. The van der Waals surface area contributed by atoms with Crippen LogP contribution in [0, 0.1) is 6.92 Å². The molecule has 0 saturated carbocycles. The lowest BCUT2D eigenvalue weighted by atomic mass is 10.1. The molecule has 0 radical (unpaired) electrons. The number of hydrogen-bond donors (Lipinski definition) is 3. The molecule has 0 fully saturated rings. The van der Waals surface area contributed by atoms with Crippen LogP contribution < -0.4 is 10.6 Å². The number of anilines is 1. The molecule has 0 heterocycles. The fourth-order valence-electron chi connectivity index (χ4n) is 1.65. The van der Waals surface area contributed by atoms with Crippen LogP contribution in [0.1, 0.15) is 22.3 Å². The van der Waals surface area contributed by atoms with E-state index in [0.29, 0.717) is 6.42 Å². The second-order valence-electron chi connectivity index (χ2n) is 4.72. The molecule has 1 aromatic carbocycles. The van der Waals surface area contributed by atoms with Gasteiger partial charge in [-0.3, -0.25) is 0 Å². The SMILES string of the molecule is Cc1ccc(NC(=O)NCCCS(C)(=O)=O)c(C(=O)O)c1. The summed E-state index contributed by atoms with van der Waals surface area (Å²) in [5.41, 5.74) is 0.960. The summed E-state index contributed by atoms with van der Waals surface area (Å²) in [5.74, 6) is -1.15. The Labute approximate surface area is 123 Å². The van der Waals surface area contributed by atoms with Gasteiger partial charge in [0, 0.05) is 12.8 Å². The van der Waals surface area contributed by atoms with Crippen LogP contribution in [0.4, 0.5) is 10.5 Å². The number of aryl methyl sites for hydroxylation is 1. The van der Waals surface area contributed by atoms with E-state index < -0.39 is 21.8 Å². The van der Waals surface area contributed by atoms with Gasteiger partial charge in [0.2, 0.25) is 0 Å². The molecule has 0 aromatic heterocycles. The maximum Gasteiger partial charge on any atom is 0.337 e. The van der Waals surface area contributed by atoms with Gasteiger partial charge < -0.3 is 15.7 Å². The lowest BCUT2D eigenvalue weighted by molar-refractivity contribution is 0.0698. The first-order chi connectivity index (χ1) is 9.69. The lowest BCUT2D eigenvalue weighted by Crippen LogP contribution is -2.31. The highest BCUT2D eigenvalue weighted by Gasteiger charge is 2.12. The highest BCUT2D eigenvalue weighted by molar-refractivity contribution is 7.90. The molecule has 21 heavy (non-hydrogen) atoms. The van der Waals surface area contributed by atoms with Crippen LogP contribution in [-0.2, 0) is 9.84 Å². The van der Waals surface area contributed by atoms with E-state index in [1.807, 2.05) is 0 Å². The molecule has 8 heteroatoms. The lowest BCUT2D eigenvalue weighted by Gasteiger charge is -2.10. The number of carbonyl (C=O) groups is 2. The molecule has 7 nitrogen and oxygen atoms in total. The van der Waals surface area contributed by atoms with Crippen molar-refractivity contribution in [2.24, 2.45) is 0 Å². The van der Waals surface area contributed by atoms with Gasteiger partial charge in [-0.1, -0.05) is 11.6 Å². The molecule has 116 valence electrons. The van der Waals surface area contributed by atoms with Crippen LogP contribution in [0.25, 0.3) is 0 Å². The average molecular weight is 314 g/mol. The maximum absolute atomic E-state index is 11.6. The average Bonchev–Trinajstić information content (AvgIpc) is 2.35. The summed E-state index contributed by atoms with van der Waals surface area (Å²) in [6.07, 6.45) is 1.42. The number of nitrogens with one attached hydrogen (secondary N) is 2. The maximum atomic E-state index is 11.6. The fraction of sp³-hybridized carbons (Fsp3) is 0.385. The Hall–Kier alpha value is -2.09. The second kappa shape index (κ2) is 7.07. The van der Waals surface area contributed by atoms with Gasteiger partial charge in [-0.25, -0.2) is 18.0 Å². The number of rotatable bonds is 6. The number of sulfone groups is 1. The third-order valence-electron chi connectivity index (χ3n) is 2.63. The van der Waals surface area contributed by atoms with Gasteiger partial charge in [-0.05, 0) is 25.5 Å². The third-order valence-corrected chi connectivity index (χ3v) is 3.66. The Balaban J connectivity index is 2.57. The van der Waals surface area contributed by atoms with Crippen molar-refractivity contribution in [2.45, 2.75) is 13.3 Å². The van der Waals surface area contributed by atoms with Crippen molar-refractivity contribution in [3.05, 3.63) is 29.3 Å². The summed E-state index contributed by atoms with van der Waals surface area (Å²) in [5, 5.41) is 14.0. The first-order valence-electron chi connectivity index (χ1n) is 6.25. The monoisotopic (exact) mass is 314 g/mol. The molecule has 0 saturated heterocycles. The summed E-state index contributed by atoms with van der Waals surface area (Å²) < 4.78 is 21.8. The molecular formula is C13H18N2O5S. The first kappa shape index (κ1) is 17.0. The Morgan fingerprint density at radius 3 is 2.52 bits per heavy atom. The van der Waals surface area contributed by atoms with Crippen LogP contribution in [0.2, 0.25) is 0 Å². The van der Waals surface area contributed by atoms with Crippen molar-refractivity contribution in [1.29, 1.82) is 0 Å². The minimum absolute atomic E-state index is 0.00119. The van der Waals surface area contributed by atoms with Crippen LogP contribution >= 0.6 is 0 Å². The molecule has 0 aliphatic heterocycles. The summed E-state index contributed by atoms with van der Waals surface area (Å²) in [6, 6.07) is 4.08. The van der Waals surface area contributed by atoms with Crippen LogP contribution in [0.5, 0.6) is 0 Å². The standard InChI is InChI=1S/C13H18N2O5S/c1-9-4-5-11(10(8-9)12(16)17)15-13(18)14-6-3-7-21(2,19)20/h4-5,8H,3,6-7H2,1-2H3,(H,16,17)(H2,14,15,18). The molecule has 0 bridgehead atoms. The summed E-state index contributed by atoms with van der Waals surface area (Å²) in [7, 11) is -3.05. The predicted octanol–water partition coefficient (Wildman–Crippen LogP) is 1.25. The molecular weight excluding hydrogens is 296 g/mol. The zero-order valence-electron chi connectivity index (χ0n) is 11.8. The molecule has 0 aliphatic rings. The van der Waals surface area contributed by atoms with Gasteiger partial charge in [0.05, 0.1) is 17.0 Å². The van der Waals surface area contributed by atoms with E-state index in [2.05, 4.69) is 10.6 Å². The quantitative estimate of drug-likeness (QED) is 0.684. The summed E-state index contributed by atoms with van der Waals surface area (Å²) in [4.78, 5) is 22.7. The van der Waals surface area contributed by atoms with Gasteiger partial charge in [0.25, 0.3) is 0 Å². The summed E-state index contributed by atoms with van der Waals surface area (Å²) in [6.45, 7) is 1.94. The van der Waals surface area contributed by atoms with Gasteiger partial charge in [0.1, 0.15) is 9.84 Å². The van der Waals surface area contributed by atoms with Gasteiger partial charge >= 0.3 is 12.0 Å². The van der Waals surface area contributed by atoms with Gasteiger partial charge in [0.15, 0.2) is 0 Å². The Bertz CT molecular complexity index is 640. The van der Waals surface area contributed by atoms with Crippen molar-refractivity contribution in [3.8, 4) is 0 Å². The molecule has 0 aliphatic carbocycles. The minimum Gasteiger partial charge on any atom is -0.478 e. The molecule has 0 atom stereocenters. The normalized spacial score (nSPS) is 11.0. The fourth-order valence-corrected chi connectivity index (χ4v) is 2.32. The number of carboxylic acid groups (broad SMARTS) is 1. The van der Waals surface area contributed by atoms with E-state index in [0.717, 1.165) is 11.8 Å². The predicted molar refractivity (Wildman–Crippen MR) is 79.5 cm³/mol. The number of carbonyl (C=O) groups excluding carboxylic acids is 1. The highest BCUT2D eigenvalue weighted by atomic mass is 32.2. The zero-order chi connectivity index (χ0) is 16.0. The van der Waals surface area contributed by atoms with Gasteiger partial charge in [-0.2, -0.15) is 0 Å². The van der Waals surface area contributed by atoms with E-state index >= 15 is 0 Å². The van der Waals surface area contributed by atoms with Crippen LogP contribution in [0.15, 0.2) is 18.2 Å². The number of hydrogen-bond acceptors (Lipinski definition) is 4. The summed E-state index contributed by atoms with van der Waals surface area (Å²) >= 11 is 0. The van der Waals surface area contributed by atoms with Crippen LogP contribution in [-0.4, -0.2) is 44.1 Å². The Morgan fingerprint density at radius 1 is 1.29 bits per heavy atom. The Kier molecular flexibility index (Phi) is 5.71. The third kappa shape index (κ3) is 6.26. The van der Waals surface area contributed by atoms with Gasteiger partial charge in [-0.15, -0.1) is 0 Å².